The van der Waals surface area contributed by atoms with Crippen molar-refractivity contribution in [2.45, 2.75) is 13.8 Å². The smallest absolute Gasteiger partial charge is 0.127 e. The number of benzene rings is 3. The Morgan fingerprint density at radius 3 is 1.47 bits per heavy atom. The van der Waals surface area contributed by atoms with E-state index in [-0.39, 0.29) is 11.5 Å². The fraction of sp³-hybridized carbons (Fsp3) is 0.167. The minimum atomic E-state index is 0.150. The van der Waals surface area contributed by atoms with Crippen LogP contribution < -0.4 is 9.47 Å². The van der Waals surface area contributed by atoms with E-state index >= 15 is 0 Å². The molecule has 0 aliphatic heterocycles. The van der Waals surface area contributed by atoms with Gasteiger partial charge in [-0.25, -0.2) is 0 Å². The lowest BCUT2D eigenvalue weighted by Crippen LogP contribution is -1.90. The Labute approximate surface area is 175 Å². The number of phenolic OH excluding ortho intramolecular Hbond substituents is 2. The Morgan fingerprint density at radius 1 is 0.700 bits per heavy atom. The number of aliphatic imine (C=N–C) groups is 2. The Balaban J connectivity index is 1.95. The maximum atomic E-state index is 10.3. The van der Waals surface area contributed by atoms with Crippen molar-refractivity contribution < 1.29 is 19.7 Å². The molecule has 0 aromatic heterocycles. The van der Waals surface area contributed by atoms with Crippen molar-refractivity contribution in [1.29, 1.82) is 0 Å². The average Bonchev–Trinajstić information content (AvgIpc) is 2.76. The summed E-state index contributed by atoms with van der Waals surface area (Å²) in [5.41, 5.74) is 3.73. The fourth-order valence-corrected chi connectivity index (χ4v) is 2.94. The van der Waals surface area contributed by atoms with Crippen molar-refractivity contribution >= 4 is 23.8 Å². The number of para-hydroxylation sites is 2. The first-order valence-electron chi connectivity index (χ1n) is 9.35. The summed E-state index contributed by atoms with van der Waals surface area (Å²) in [7, 11) is 3.15. The predicted octanol–water partition coefficient (Wildman–Crippen LogP) is 5.23. The summed E-state index contributed by atoms with van der Waals surface area (Å²) in [5.74, 6) is 1.58. The van der Waals surface area contributed by atoms with E-state index < -0.39 is 0 Å². The van der Waals surface area contributed by atoms with E-state index in [1.165, 1.54) is 0 Å². The van der Waals surface area contributed by atoms with E-state index in [0.29, 0.717) is 45.1 Å². The molecular formula is C24H24N2O4. The number of phenols is 2. The second-order valence-corrected chi connectivity index (χ2v) is 6.77. The molecular weight excluding hydrogens is 380 g/mol. The summed E-state index contributed by atoms with van der Waals surface area (Å²) in [6.45, 7) is 3.60. The largest absolute Gasteiger partial charge is 0.507 e. The normalized spacial score (nSPS) is 11.3. The van der Waals surface area contributed by atoms with E-state index in [0.717, 1.165) is 0 Å². The molecule has 0 radical (unpaired) electrons. The molecule has 3 rings (SSSR count). The van der Waals surface area contributed by atoms with Crippen LogP contribution in [0.2, 0.25) is 0 Å². The molecule has 0 saturated heterocycles. The number of rotatable bonds is 6. The summed E-state index contributed by atoms with van der Waals surface area (Å²) >= 11 is 0. The molecule has 0 heterocycles. The lowest BCUT2D eigenvalue weighted by atomic mass is 10.1. The van der Waals surface area contributed by atoms with Gasteiger partial charge >= 0.3 is 0 Å². The molecule has 0 bridgehead atoms. The Kier molecular flexibility index (Phi) is 6.37. The van der Waals surface area contributed by atoms with Gasteiger partial charge in [0, 0.05) is 23.6 Å². The molecule has 0 spiro atoms. The molecule has 0 atom stereocenters. The Hall–Kier alpha value is -3.80. The first-order valence-corrected chi connectivity index (χ1v) is 9.35. The Bertz CT molecular complexity index is 1030. The third-order valence-corrected chi connectivity index (χ3v) is 4.65. The predicted molar refractivity (Wildman–Crippen MR) is 120 cm³/mol. The van der Waals surface area contributed by atoms with E-state index in [1.54, 1.807) is 64.8 Å². The highest BCUT2D eigenvalue weighted by Crippen LogP contribution is 2.31. The number of hydrogen-bond donors (Lipinski definition) is 2. The number of nitrogens with zero attached hydrogens (tertiary/aromatic N) is 2. The van der Waals surface area contributed by atoms with Crippen molar-refractivity contribution in [3.8, 4) is 23.0 Å². The Morgan fingerprint density at radius 2 is 1.10 bits per heavy atom. The number of methoxy groups -OCH3 is 2. The van der Waals surface area contributed by atoms with Gasteiger partial charge in [0.05, 0.1) is 25.6 Å². The van der Waals surface area contributed by atoms with Gasteiger partial charge < -0.3 is 19.7 Å². The third kappa shape index (κ3) is 4.60. The maximum absolute atomic E-state index is 10.3. The minimum absolute atomic E-state index is 0.150. The quantitative estimate of drug-likeness (QED) is 0.551. The highest BCUT2D eigenvalue weighted by atomic mass is 16.5. The molecule has 3 aromatic carbocycles. The lowest BCUT2D eigenvalue weighted by molar-refractivity contribution is 0.411. The molecule has 0 unspecified atom stereocenters. The van der Waals surface area contributed by atoms with Crippen LogP contribution in [0.4, 0.5) is 11.4 Å². The van der Waals surface area contributed by atoms with Crippen LogP contribution in [-0.4, -0.2) is 36.9 Å². The molecule has 3 aromatic rings. The third-order valence-electron chi connectivity index (χ3n) is 4.65. The van der Waals surface area contributed by atoms with Crippen LogP contribution >= 0.6 is 0 Å². The molecule has 0 fully saturated rings. The molecule has 0 amide bonds. The number of aromatic hydroxyl groups is 2. The van der Waals surface area contributed by atoms with E-state index in [2.05, 4.69) is 9.98 Å². The topological polar surface area (TPSA) is 83.6 Å². The molecule has 0 aliphatic rings. The van der Waals surface area contributed by atoms with E-state index in [1.807, 2.05) is 24.3 Å². The monoisotopic (exact) mass is 404 g/mol. The van der Waals surface area contributed by atoms with Gasteiger partial charge in [0.1, 0.15) is 23.0 Å². The van der Waals surface area contributed by atoms with Crippen molar-refractivity contribution in [3.63, 3.8) is 0 Å². The second-order valence-electron chi connectivity index (χ2n) is 6.77. The van der Waals surface area contributed by atoms with Gasteiger partial charge in [0.15, 0.2) is 0 Å². The lowest BCUT2D eigenvalue weighted by Gasteiger charge is -2.08. The summed E-state index contributed by atoms with van der Waals surface area (Å²) in [6.07, 6.45) is 3.15. The van der Waals surface area contributed by atoms with Crippen LogP contribution in [0, 0.1) is 13.8 Å². The molecule has 30 heavy (non-hydrogen) atoms. The van der Waals surface area contributed by atoms with Crippen LogP contribution in [0.25, 0.3) is 0 Å². The summed E-state index contributed by atoms with van der Waals surface area (Å²) < 4.78 is 10.5. The average molecular weight is 404 g/mol. The SMILES string of the molecule is COc1cc(C)c(O)c(C=Nc2ccccc2N=Cc2cc(OC)cc(C)c2O)c1. The molecule has 0 aliphatic carbocycles. The van der Waals surface area contributed by atoms with Crippen molar-refractivity contribution in [2.24, 2.45) is 9.98 Å². The summed E-state index contributed by atoms with van der Waals surface area (Å²) in [5, 5.41) is 20.6. The fourth-order valence-electron chi connectivity index (χ4n) is 2.94. The van der Waals surface area contributed by atoms with Crippen molar-refractivity contribution in [1.82, 2.24) is 0 Å². The van der Waals surface area contributed by atoms with Crippen LogP contribution in [0.3, 0.4) is 0 Å². The standard InChI is InChI=1S/C24H24N2O4/c1-15-9-19(29-3)11-17(23(15)27)13-25-21-7-5-6-8-22(21)26-14-18-12-20(30-4)10-16(2)24(18)28/h5-14,27-28H,1-4H3. The molecule has 154 valence electrons. The van der Waals surface area contributed by atoms with Crippen LogP contribution in [-0.2, 0) is 0 Å². The van der Waals surface area contributed by atoms with E-state index in [9.17, 15) is 10.2 Å². The first kappa shape index (κ1) is 20.9. The van der Waals surface area contributed by atoms with Crippen LogP contribution in [0.5, 0.6) is 23.0 Å². The summed E-state index contributed by atoms with van der Waals surface area (Å²) in [6, 6.07) is 14.3. The highest BCUT2D eigenvalue weighted by Gasteiger charge is 2.08. The zero-order chi connectivity index (χ0) is 21.7. The van der Waals surface area contributed by atoms with Crippen molar-refractivity contribution in [2.75, 3.05) is 14.2 Å². The molecule has 6 nitrogen and oxygen atoms in total. The van der Waals surface area contributed by atoms with Gasteiger partial charge in [-0.1, -0.05) is 12.1 Å². The van der Waals surface area contributed by atoms with Gasteiger partial charge in [-0.05, 0) is 61.4 Å². The summed E-state index contributed by atoms with van der Waals surface area (Å²) in [4.78, 5) is 9.00. The molecule has 2 N–H and O–H groups in total. The minimum Gasteiger partial charge on any atom is -0.507 e. The van der Waals surface area contributed by atoms with E-state index in [4.69, 9.17) is 9.47 Å². The molecule has 6 heteroatoms. The highest BCUT2D eigenvalue weighted by molar-refractivity contribution is 5.90. The zero-order valence-corrected chi connectivity index (χ0v) is 17.4. The number of ether oxygens (including phenoxy) is 2. The van der Waals surface area contributed by atoms with Crippen LogP contribution in [0.1, 0.15) is 22.3 Å². The number of aryl methyl sites for hydroxylation is 2. The first-order chi connectivity index (χ1) is 14.4. The van der Waals surface area contributed by atoms with Gasteiger partial charge in [-0.2, -0.15) is 0 Å². The van der Waals surface area contributed by atoms with Gasteiger partial charge in [-0.15, -0.1) is 0 Å². The van der Waals surface area contributed by atoms with Crippen LogP contribution in [0.15, 0.2) is 58.5 Å². The molecule has 0 saturated carbocycles. The van der Waals surface area contributed by atoms with Gasteiger partial charge in [0.25, 0.3) is 0 Å². The van der Waals surface area contributed by atoms with Gasteiger partial charge in [0.2, 0.25) is 0 Å². The number of hydrogen-bond acceptors (Lipinski definition) is 6. The maximum Gasteiger partial charge on any atom is 0.127 e. The zero-order valence-electron chi connectivity index (χ0n) is 17.4. The van der Waals surface area contributed by atoms with Crippen molar-refractivity contribution in [3.05, 3.63) is 70.8 Å². The second kappa shape index (κ2) is 9.13. The van der Waals surface area contributed by atoms with Gasteiger partial charge in [-0.3, -0.25) is 9.98 Å².